The molecule has 2 aromatic rings. The quantitative estimate of drug-likeness (QED) is 0.692. The highest BCUT2D eigenvalue weighted by Gasteiger charge is 2.21. The summed E-state index contributed by atoms with van der Waals surface area (Å²) in [7, 11) is 0. The van der Waals surface area contributed by atoms with Crippen molar-refractivity contribution in [3.8, 4) is 0 Å². The van der Waals surface area contributed by atoms with Crippen molar-refractivity contribution in [3.63, 3.8) is 0 Å². The maximum atomic E-state index is 13.4. The van der Waals surface area contributed by atoms with E-state index in [1.807, 2.05) is 0 Å². The van der Waals surface area contributed by atoms with Crippen LogP contribution >= 0.6 is 11.6 Å². The van der Waals surface area contributed by atoms with E-state index in [0.717, 1.165) is 30.3 Å². The van der Waals surface area contributed by atoms with Crippen LogP contribution in [0.2, 0.25) is 5.02 Å². The largest absolute Gasteiger partial charge is 0.319 e. The van der Waals surface area contributed by atoms with Crippen molar-refractivity contribution in [2.24, 2.45) is 0 Å². The molecule has 2 aromatic carbocycles. The van der Waals surface area contributed by atoms with Gasteiger partial charge in [0.15, 0.2) is 0 Å². The molecule has 1 amide bonds. The number of halogens is 3. The van der Waals surface area contributed by atoms with Gasteiger partial charge in [-0.05, 0) is 24.3 Å². The number of nitrogens with zero attached hydrogens (tertiary/aromatic N) is 1. The second-order valence-electron chi connectivity index (χ2n) is 4.00. The van der Waals surface area contributed by atoms with Gasteiger partial charge in [0.05, 0.1) is 10.6 Å². The van der Waals surface area contributed by atoms with Gasteiger partial charge in [-0.1, -0.05) is 11.6 Å². The number of carbonyl (C=O) groups excluding carboxylic acids is 1. The summed E-state index contributed by atoms with van der Waals surface area (Å²) in [5.41, 5.74) is -1.26. The first-order chi connectivity index (χ1) is 9.88. The summed E-state index contributed by atoms with van der Waals surface area (Å²) in [5.74, 6) is -2.59. The molecule has 0 spiro atoms. The van der Waals surface area contributed by atoms with Crippen LogP contribution < -0.4 is 5.32 Å². The number of nitrogens with one attached hydrogen (secondary N) is 1. The van der Waals surface area contributed by atoms with E-state index in [9.17, 15) is 23.7 Å². The zero-order chi connectivity index (χ0) is 15.6. The minimum Gasteiger partial charge on any atom is -0.319 e. The summed E-state index contributed by atoms with van der Waals surface area (Å²) in [6.07, 6.45) is 0. The van der Waals surface area contributed by atoms with E-state index < -0.39 is 33.8 Å². The van der Waals surface area contributed by atoms with E-state index in [4.69, 9.17) is 11.6 Å². The van der Waals surface area contributed by atoms with Crippen LogP contribution in [0.25, 0.3) is 0 Å². The van der Waals surface area contributed by atoms with Crippen molar-refractivity contribution < 1.29 is 18.5 Å². The van der Waals surface area contributed by atoms with Crippen molar-refractivity contribution >= 4 is 28.9 Å². The predicted molar refractivity (Wildman–Crippen MR) is 72.4 cm³/mol. The van der Waals surface area contributed by atoms with Gasteiger partial charge in [-0.3, -0.25) is 14.9 Å². The Labute approximate surface area is 122 Å². The van der Waals surface area contributed by atoms with Crippen LogP contribution in [0.3, 0.4) is 0 Å². The van der Waals surface area contributed by atoms with Gasteiger partial charge in [0.25, 0.3) is 11.6 Å². The third-order valence-electron chi connectivity index (χ3n) is 2.58. The Hall–Kier alpha value is -2.54. The molecule has 0 aliphatic rings. The fraction of sp³-hybridized carbons (Fsp3) is 0. The zero-order valence-corrected chi connectivity index (χ0v) is 11.0. The SMILES string of the molecule is O=C(Nc1cc(F)ccc1F)c1cc(Cl)ccc1[N+](=O)[O-]. The molecule has 1 N–H and O–H groups in total. The molecule has 21 heavy (non-hydrogen) atoms. The lowest BCUT2D eigenvalue weighted by atomic mass is 10.1. The van der Waals surface area contributed by atoms with E-state index >= 15 is 0 Å². The summed E-state index contributed by atoms with van der Waals surface area (Å²) in [5, 5.41) is 13.0. The lowest BCUT2D eigenvalue weighted by Gasteiger charge is -2.07. The molecular weight excluding hydrogens is 306 g/mol. The number of carbonyl (C=O) groups is 1. The number of amides is 1. The number of anilines is 1. The molecule has 0 heterocycles. The van der Waals surface area contributed by atoms with Gasteiger partial charge in [-0.15, -0.1) is 0 Å². The molecule has 0 aromatic heterocycles. The Morgan fingerprint density at radius 1 is 1.19 bits per heavy atom. The van der Waals surface area contributed by atoms with Crippen LogP contribution in [0, 0.1) is 21.7 Å². The van der Waals surface area contributed by atoms with Crippen LogP contribution in [-0.2, 0) is 0 Å². The highest BCUT2D eigenvalue weighted by molar-refractivity contribution is 6.31. The van der Waals surface area contributed by atoms with Crippen LogP contribution in [0.1, 0.15) is 10.4 Å². The van der Waals surface area contributed by atoms with Crippen molar-refractivity contribution in [1.82, 2.24) is 0 Å². The molecule has 8 heteroatoms. The van der Waals surface area contributed by atoms with Gasteiger partial charge in [0.2, 0.25) is 0 Å². The first-order valence-electron chi connectivity index (χ1n) is 5.59. The molecule has 0 aliphatic carbocycles. The number of hydrogen-bond acceptors (Lipinski definition) is 3. The first kappa shape index (κ1) is 14.9. The fourth-order valence-electron chi connectivity index (χ4n) is 1.63. The van der Waals surface area contributed by atoms with E-state index in [-0.39, 0.29) is 10.6 Å². The summed E-state index contributed by atoms with van der Waals surface area (Å²) < 4.78 is 26.5. The molecule has 0 saturated heterocycles. The molecule has 108 valence electrons. The van der Waals surface area contributed by atoms with Crippen LogP contribution in [0.15, 0.2) is 36.4 Å². The third-order valence-corrected chi connectivity index (χ3v) is 2.81. The average molecular weight is 313 g/mol. The van der Waals surface area contributed by atoms with Crippen LogP contribution in [0.5, 0.6) is 0 Å². The topological polar surface area (TPSA) is 72.2 Å². The van der Waals surface area contributed by atoms with Crippen LogP contribution in [-0.4, -0.2) is 10.8 Å². The fourth-order valence-corrected chi connectivity index (χ4v) is 1.80. The lowest BCUT2D eigenvalue weighted by Crippen LogP contribution is -2.15. The number of nitro benzene ring substituents is 1. The smallest absolute Gasteiger partial charge is 0.282 e. The molecule has 0 bridgehead atoms. The molecule has 0 aliphatic heterocycles. The maximum absolute atomic E-state index is 13.4. The van der Waals surface area contributed by atoms with Crippen molar-refractivity contribution in [1.29, 1.82) is 0 Å². The van der Waals surface area contributed by atoms with E-state index in [1.165, 1.54) is 6.07 Å². The Morgan fingerprint density at radius 3 is 2.57 bits per heavy atom. The summed E-state index contributed by atoms with van der Waals surface area (Å²) in [6, 6.07) is 5.86. The van der Waals surface area contributed by atoms with Gasteiger partial charge in [0.1, 0.15) is 17.2 Å². The summed E-state index contributed by atoms with van der Waals surface area (Å²) >= 11 is 5.69. The van der Waals surface area contributed by atoms with Crippen LogP contribution in [0.4, 0.5) is 20.2 Å². The third kappa shape index (κ3) is 3.32. The van der Waals surface area contributed by atoms with E-state index in [0.29, 0.717) is 0 Å². The maximum Gasteiger partial charge on any atom is 0.282 e. The lowest BCUT2D eigenvalue weighted by molar-refractivity contribution is -0.385. The monoisotopic (exact) mass is 312 g/mol. The molecule has 0 fully saturated rings. The van der Waals surface area contributed by atoms with Gasteiger partial charge >= 0.3 is 0 Å². The average Bonchev–Trinajstić information content (AvgIpc) is 2.42. The number of hydrogen-bond donors (Lipinski definition) is 1. The first-order valence-corrected chi connectivity index (χ1v) is 5.96. The second-order valence-corrected chi connectivity index (χ2v) is 4.43. The predicted octanol–water partition coefficient (Wildman–Crippen LogP) is 3.78. The number of benzene rings is 2. The highest BCUT2D eigenvalue weighted by Crippen LogP contribution is 2.24. The minimum absolute atomic E-state index is 0.102. The molecule has 0 saturated carbocycles. The van der Waals surface area contributed by atoms with E-state index in [1.54, 1.807) is 0 Å². The minimum atomic E-state index is -0.964. The van der Waals surface area contributed by atoms with Crippen molar-refractivity contribution in [2.45, 2.75) is 0 Å². The standard InChI is InChI=1S/C13H7ClF2N2O3/c14-7-1-4-12(18(20)21)9(5-7)13(19)17-11-6-8(15)2-3-10(11)16/h1-6H,(H,17,19). The molecular formula is C13H7ClF2N2O3. The zero-order valence-electron chi connectivity index (χ0n) is 10.3. The van der Waals surface area contributed by atoms with Gasteiger partial charge in [0, 0.05) is 17.2 Å². The van der Waals surface area contributed by atoms with Crippen molar-refractivity contribution in [2.75, 3.05) is 5.32 Å². The molecule has 2 rings (SSSR count). The number of rotatable bonds is 3. The number of nitro groups is 1. The Morgan fingerprint density at radius 2 is 1.90 bits per heavy atom. The van der Waals surface area contributed by atoms with Gasteiger partial charge < -0.3 is 5.32 Å². The van der Waals surface area contributed by atoms with Gasteiger partial charge in [-0.2, -0.15) is 0 Å². The molecule has 0 atom stereocenters. The second kappa shape index (κ2) is 5.84. The highest BCUT2D eigenvalue weighted by atomic mass is 35.5. The molecule has 5 nitrogen and oxygen atoms in total. The Balaban J connectivity index is 2.39. The molecule has 0 unspecified atom stereocenters. The Bertz CT molecular complexity index is 737. The Kier molecular flexibility index (Phi) is 4.13. The summed E-state index contributed by atoms with van der Waals surface area (Å²) in [6.45, 7) is 0. The summed E-state index contributed by atoms with van der Waals surface area (Å²) in [4.78, 5) is 22.1. The van der Waals surface area contributed by atoms with Crippen molar-refractivity contribution in [3.05, 3.63) is 68.7 Å². The normalized spacial score (nSPS) is 10.2. The molecule has 0 radical (unpaired) electrons. The van der Waals surface area contributed by atoms with E-state index in [2.05, 4.69) is 5.32 Å². The van der Waals surface area contributed by atoms with Gasteiger partial charge in [-0.25, -0.2) is 8.78 Å².